The van der Waals surface area contributed by atoms with Crippen LogP contribution in [0.25, 0.3) is 0 Å². The Kier molecular flexibility index (Phi) is 7.04. The average Bonchev–Trinajstić information content (AvgIpc) is 2.33. The largest absolute Gasteiger partial charge is 0.389 e. The minimum Gasteiger partial charge on any atom is -0.389 e. The maximum absolute atomic E-state index is 9.78. The Morgan fingerprint density at radius 2 is 1.59 bits per heavy atom. The summed E-state index contributed by atoms with van der Waals surface area (Å²) in [7, 11) is 0. The van der Waals surface area contributed by atoms with Crippen molar-refractivity contribution >= 4 is 0 Å². The first-order valence-electron chi connectivity index (χ1n) is 6.94. The first-order valence-corrected chi connectivity index (χ1v) is 6.94. The normalized spacial score (nSPS) is 33.9. The molecule has 0 aromatic rings. The van der Waals surface area contributed by atoms with E-state index in [2.05, 4.69) is 12.2 Å². The molecule has 1 saturated heterocycles. The lowest BCUT2D eigenvalue weighted by Gasteiger charge is -2.36. The Hall–Kier alpha value is -0.160. The lowest BCUT2D eigenvalue weighted by Crippen LogP contribution is -2.59. The predicted molar refractivity (Wildman–Crippen MR) is 67.8 cm³/mol. The van der Waals surface area contributed by atoms with Crippen molar-refractivity contribution in [2.75, 3.05) is 6.54 Å². The van der Waals surface area contributed by atoms with Crippen LogP contribution in [0.15, 0.2) is 0 Å². The fourth-order valence-corrected chi connectivity index (χ4v) is 2.40. The Labute approximate surface area is 104 Å². The zero-order valence-corrected chi connectivity index (χ0v) is 10.8. The van der Waals surface area contributed by atoms with Crippen LogP contribution in [0.5, 0.6) is 0 Å². The third-order valence-electron chi connectivity index (χ3n) is 3.61. The van der Waals surface area contributed by atoms with Crippen molar-refractivity contribution in [1.29, 1.82) is 0 Å². The second-order valence-electron chi connectivity index (χ2n) is 5.12. The highest BCUT2D eigenvalue weighted by molar-refractivity contribution is 4.91. The summed E-state index contributed by atoms with van der Waals surface area (Å²) in [5, 5.41) is 31.8. The van der Waals surface area contributed by atoms with E-state index in [9.17, 15) is 15.3 Å². The van der Waals surface area contributed by atoms with Crippen LogP contribution in [0.2, 0.25) is 0 Å². The van der Waals surface area contributed by atoms with Crippen LogP contribution in [-0.2, 0) is 0 Å². The van der Waals surface area contributed by atoms with Crippen LogP contribution < -0.4 is 5.32 Å². The molecule has 17 heavy (non-hydrogen) atoms. The number of aliphatic hydroxyl groups excluding tert-OH is 3. The summed E-state index contributed by atoms with van der Waals surface area (Å²) < 4.78 is 0. The van der Waals surface area contributed by atoms with Crippen LogP contribution in [-0.4, -0.2) is 46.2 Å². The number of unbranched alkanes of at least 4 members (excludes halogenated alkanes) is 5. The van der Waals surface area contributed by atoms with Crippen LogP contribution >= 0.6 is 0 Å². The molecule has 0 unspecified atom stereocenters. The van der Waals surface area contributed by atoms with E-state index >= 15 is 0 Å². The number of hydrogen-bond acceptors (Lipinski definition) is 4. The summed E-state index contributed by atoms with van der Waals surface area (Å²) >= 11 is 0. The maximum Gasteiger partial charge on any atom is 0.108 e. The number of piperidine rings is 1. The first kappa shape index (κ1) is 14.9. The van der Waals surface area contributed by atoms with Crippen molar-refractivity contribution in [3.05, 3.63) is 0 Å². The van der Waals surface area contributed by atoms with Crippen molar-refractivity contribution < 1.29 is 15.3 Å². The van der Waals surface area contributed by atoms with Crippen molar-refractivity contribution in [3.63, 3.8) is 0 Å². The van der Waals surface area contributed by atoms with Crippen LogP contribution in [0.3, 0.4) is 0 Å². The summed E-state index contributed by atoms with van der Waals surface area (Å²) in [6, 6.07) is -0.0698. The van der Waals surface area contributed by atoms with Crippen LogP contribution in [0, 0.1) is 0 Å². The van der Waals surface area contributed by atoms with Crippen molar-refractivity contribution in [3.8, 4) is 0 Å². The van der Waals surface area contributed by atoms with E-state index < -0.39 is 18.3 Å². The van der Waals surface area contributed by atoms with Crippen molar-refractivity contribution in [2.24, 2.45) is 0 Å². The van der Waals surface area contributed by atoms with E-state index in [0.29, 0.717) is 6.54 Å². The summed E-state index contributed by atoms with van der Waals surface area (Å²) in [6.45, 7) is 2.58. The molecule has 0 amide bonds. The lowest BCUT2D eigenvalue weighted by molar-refractivity contribution is -0.0952. The summed E-state index contributed by atoms with van der Waals surface area (Å²) in [5.74, 6) is 0. The third kappa shape index (κ3) is 4.92. The average molecular weight is 245 g/mol. The van der Waals surface area contributed by atoms with E-state index in [1.165, 1.54) is 32.1 Å². The van der Waals surface area contributed by atoms with Gasteiger partial charge in [0, 0.05) is 12.6 Å². The van der Waals surface area contributed by atoms with Gasteiger partial charge in [0.05, 0.1) is 12.2 Å². The van der Waals surface area contributed by atoms with Gasteiger partial charge < -0.3 is 20.6 Å². The van der Waals surface area contributed by atoms with Crippen molar-refractivity contribution in [1.82, 2.24) is 5.32 Å². The molecule has 1 fully saturated rings. The number of aliphatic hydroxyl groups is 3. The molecule has 4 heteroatoms. The summed E-state index contributed by atoms with van der Waals surface area (Å²) in [6.07, 6.45) is 5.55. The van der Waals surface area contributed by atoms with Gasteiger partial charge in [0.2, 0.25) is 0 Å². The number of nitrogens with one attached hydrogen (secondary N) is 1. The molecule has 1 aliphatic heterocycles. The Morgan fingerprint density at radius 1 is 0.941 bits per heavy atom. The van der Waals surface area contributed by atoms with E-state index in [-0.39, 0.29) is 6.04 Å². The molecule has 4 N–H and O–H groups in total. The summed E-state index contributed by atoms with van der Waals surface area (Å²) in [5.41, 5.74) is 0. The van der Waals surface area contributed by atoms with Gasteiger partial charge in [-0.25, -0.2) is 0 Å². The molecule has 0 spiro atoms. The predicted octanol–water partition coefficient (Wildman–Crippen LogP) is 0.791. The minimum atomic E-state index is -0.999. The number of rotatable bonds is 7. The van der Waals surface area contributed by atoms with Gasteiger partial charge in [0.15, 0.2) is 0 Å². The second kappa shape index (κ2) is 8.03. The maximum atomic E-state index is 9.78. The van der Waals surface area contributed by atoms with Gasteiger partial charge in [-0.1, -0.05) is 45.4 Å². The lowest BCUT2D eigenvalue weighted by atomic mass is 9.92. The molecule has 4 nitrogen and oxygen atoms in total. The van der Waals surface area contributed by atoms with Crippen LogP contribution in [0.4, 0.5) is 0 Å². The minimum absolute atomic E-state index is 0.0698. The molecular weight excluding hydrogens is 218 g/mol. The summed E-state index contributed by atoms with van der Waals surface area (Å²) in [4.78, 5) is 0. The first-order chi connectivity index (χ1) is 8.16. The van der Waals surface area contributed by atoms with Gasteiger partial charge in [-0.05, 0) is 6.42 Å². The van der Waals surface area contributed by atoms with Gasteiger partial charge in [-0.3, -0.25) is 0 Å². The fourth-order valence-electron chi connectivity index (χ4n) is 2.40. The van der Waals surface area contributed by atoms with Crippen LogP contribution in [0.1, 0.15) is 51.9 Å². The Morgan fingerprint density at radius 3 is 2.29 bits per heavy atom. The molecule has 0 radical (unpaired) electrons. The van der Waals surface area contributed by atoms with E-state index in [1.807, 2.05) is 0 Å². The molecule has 0 bridgehead atoms. The van der Waals surface area contributed by atoms with Crippen molar-refractivity contribution in [2.45, 2.75) is 76.2 Å². The van der Waals surface area contributed by atoms with Gasteiger partial charge in [-0.15, -0.1) is 0 Å². The van der Waals surface area contributed by atoms with Gasteiger partial charge in [-0.2, -0.15) is 0 Å². The molecule has 0 saturated carbocycles. The molecule has 0 aromatic carbocycles. The quantitative estimate of drug-likeness (QED) is 0.500. The van der Waals surface area contributed by atoms with Gasteiger partial charge >= 0.3 is 0 Å². The SMILES string of the molecule is CCCCCCCC[C@H]1NC[C@H](O)[C@@H](O)[C@@H]1O. The highest BCUT2D eigenvalue weighted by Crippen LogP contribution is 2.16. The highest BCUT2D eigenvalue weighted by atomic mass is 16.4. The number of hydrogen-bond donors (Lipinski definition) is 4. The molecule has 1 rings (SSSR count). The molecule has 4 atom stereocenters. The second-order valence-corrected chi connectivity index (χ2v) is 5.12. The molecule has 102 valence electrons. The molecule has 0 aliphatic carbocycles. The molecule has 0 aromatic heterocycles. The zero-order valence-electron chi connectivity index (χ0n) is 10.8. The smallest absolute Gasteiger partial charge is 0.108 e. The fraction of sp³-hybridized carbons (Fsp3) is 1.00. The zero-order chi connectivity index (χ0) is 12.7. The Bertz CT molecular complexity index is 201. The molecule has 1 heterocycles. The molecular formula is C13H27NO3. The molecule has 1 aliphatic rings. The van der Waals surface area contributed by atoms with E-state index in [4.69, 9.17) is 0 Å². The van der Waals surface area contributed by atoms with E-state index in [1.54, 1.807) is 0 Å². The Balaban J connectivity index is 2.10. The van der Waals surface area contributed by atoms with E-state index in [0.717, 1.165) is 12.8 Å². The standard InChI is InChI=1S/C13H27NO3/c1-2-3-4-5-6-7-8-10-12(16)13(17)11(15)9-14-10/h10-17H,2-9H2,1H3/t10-,11+,12-,13-/m1/s1. The number of β-amino-alcohol motifs (C(OH)–C–C–N with tert-alkyl or cyclic N) is 1. The monoisotopic (exact) mass is 245 g/mol. The van der Waals surface area contributed by atoms with Gasteiger partial charge in [0.1, 0.15) is 6.10 Å². The highest BCUT2D eigenvalue weighted by Gasteiger charge is 2.35. The van der Waals surface area contributed by atoms with Gasteiger partial charge in [0.25, 0.3) is 0 Å². The topological polar surface area (TPSA) is 72.7 Å². The third-order valence-corrected chi connectivity index (χ3v) is 3.61.